The topological polar surface area (TPSA) is 38.2 Å². The summed E-state index contributed by atoms with van der Waals surface area (Å²) >= 11 is 9.25. The zero-order valence-corrected chi connectivity index (χ0v) is 12.2. The fourth-order valence-corrected chi connectivity index (χ4v) is 2.13. The van der Waals surface area contributed by atoms with Gasteiger partial charge >= 0.3 is 0 Å². The van der Waals surface area contributed by atoms with Gasteiger partial charge in [-0.3, -0.25) is 4.90 Å². The predicted octanol–water partition coefficient (Wildman–Crippen LogP) is 2.67. The van der Waals surface area contributed by atoms with Gasteiger partial charge in [0.05, 0.1) is 11.1 Å². The molecule has 1 fully saturated rings. The fourth-order valence-electron chi connectivity index (χ4n) is 1.81. The average molecular weight is 321 g/mol. The molecule has 0 bridgehead atoms. The van der Waals surface area contributed by atoms with Crippen LogP contribution in [-0.4, -0.2) is 40.6 Å². The van der Waals surface area contributed by atoms with Gasteiger partial charge in [0.25, 0.3) is 0 Å². The Labute approximate surface area is 114 Å². The molecule has 0 aliphatic carbocycles. The smallest absolute Gasteiger partial charge is 0.160 e. The van der Waals surface area contributed by atoms with E-state index in [0.29, 0.717) is 28.1 Å². The van der Waals surface area contributed by atoms with E-state index in [0.717, 1.165) is 13.1 Å². The summed E-state index contributed by atoms with van der Waals surface area (Å²) in [5, 5.41) is 0.431. The number of morpholine rings is 1. The van der Waals surface area contributed by atoms with Gasteiger partial charge in [-0.1, -0.05) is 11.6 Å². The summed E-state index contributed by atoms with van der Waals surface area (Å²) in [5.41, 5.74) is 0. The zero-order chi connectivity index (χ0) is 12.4. The van der Waals surface area contributed by atoms with E-state index in [2.05, 4.69) is 44.6 Å². The Bertz CT molecular complexity index is 402. The van der Waals surface area contributed by atoms with Crippen molar-refractivity contribution in [3.8, 4) is 0 Å². The third kappa shape index (κ3) is 3.16. The lowest BCUT2D eigenvalue weighted by Gasteiger charge is -2.34. The molecule has 0 aromatic carbocycles. The maximum atomic E-state index is 5.96. The second-order valence-electron chi connectivity index (χ2n) is 4.32. The minimum Gasteiger partial charge on any atom is -0.368 e. The number of nitrogens with zero attached hydrogens (tertiary/aromatic N) is 3. The van der Waals surface area contributed by atoms with Crippen LogP contribution in [0.1, 0.15) is 25.8 Å². The summed E-state index contributed by atoms with van der Waals surface area (Å²) < 4.78 is 6.41. The van der Waals surface area contributed by atoms with E-state index >= 15 is 0 Å². The van der Waals surface area contributed by atoms with Crippen LogP contribution in [0, 0.1) is 0 Å². The van der Waals surface area contributed by atoms with Crippen molar-refractivity contribution in [2.45, 2.75) is 26.0 Å². The average Bonchev–Trinajstić information content (AvgIpc) is 2.33. The monoisotopic (exact) mass is 319 g/mol. The highest BCUT2D eigenvalue weighted by Gasteiger charge is 2.25. The van der Waals surface area contributed by atoms with E-state index in [1.54, 1.807) is 6.20 Å². The molecule has 17 heavy (non-hydrogen) atoms. The first kappa shape index (κ1) is 13.2. The van der Waals surface area contributed by atoms with Crippen molar-refractivity contribution in [3.05, 3.63) is 21.6 Å². The Hall–Kier alpha value is -0.230. The second-order valence-corrected chi connectivity index (χ2v) is 5.53. The van der Waals surface area contributed by atoms with Crippen LogP contribution >= 0.6 is 27.5 Å². The maximum absolute atomic E-state index is 5.96. The van der Waals surface area contributed by atoms with Crippen molar-refractivity contribution in [2.24, 2.45) is 0 Å². The van der Waals surface area contributed by atoms with Crippen molar-refractivity contribution in [1.29, 1.82) is 0 Å². The van der Waals surface area contributed by atoms with Gasteiger partial charge in [-0.2, -0.15) is 0 Å². The van der Waals surface area contributed by atoms with Crippen molar-refractivity contribution in [2.75, 3.05) is 19.7 Å². The Morgan fingerprint density at radius 1 is 1.59 bits per heavy atom. The molecule has 0 N–H and O–H groups in total. The van der Waals surface area contributed by atoms with Gasteiger partial charge in [0.2, 0.25) is 0 Å². The van der Waals surface area contributed by atoms with Crippen LogP contribution in [-0.2, 0) is 4.74 Å². The molecule has 2 heterocycles. The molecule has 0 amide bonds. The summed E-state index contributed by atoms with van der Waals surface area (Å²) in [6.45, 7) is 6.84. The summed E-state index contributed by atoms with van der Waals surface area (Å²) in [5.74, 6) is 0.656. The summed E-state index contributed by atoms with van der Waals surface area (Å²) in [6, 6.07) is 0.507. The highest BCUT2D eigenvalue weighted by molar-refractivity contribution is 9.10. The molecule has 6 heteroatoms. The lowest BCUT2D eigenvalue weighted by atomic mass is 10.2. The molecule has 0 radical (unpaired) electrons. The van der Waals surface area contributed by atoms with Gasteiger partial charge in [0.1, 0.15) is 11.3 Å². The molecule has 1 aliphatic heterocycles. The first-order valence-corrected chi connectivity index (χ1v) is 6.78. The molecule has 1 atom stereocenters. The molecule has 1 saturated heterocycles. The van der Waals surface area contributed by atoms with Crippen LogP contribution in [0.15, 0.2) is 10.7 Å². The summed E-state index contributed by atoms with van der Waals surface area (Å²) in [4.78, 5) is 10.9. The van der Waals surface area contributed by atoms with Crippen molar-refractivity contribution in [3.63, 3.8) is 0 Å². The lowest BCUT2D eigenvalue weighted by Crippen LogP contribution is -2.42. The minimum atomic E-state index is -0.0863. The predicted molar refractivity (Wildman–Crippen MR) is 70.1 cm³/mol. The van der Waals surface area contributed by atoms with E-state index in [-0.39, 0.29) is 6.10 Å². The van der Waals surface area contributed by atoms with Gasteiger partial charge in [0.15, 0.2) is 5.82 Å². The molecule has 2 rings (SSSR count). The third-order valence-corrected chi connectivity index (χ3v) is 3.93. The number of halogens is 2. The van der Waals surface area contributed by atoms with Gasteiger partial charge < -0.3 is 4.74 Å². The fraction of sp³-hybridized carbons (Fsp3) is 0.636. The van der Waals surface area contributed by atoms with E-state index in [1.165, 1.54) is 0 Å². The van der Waals surface area contributed by atoms with Gasteiger partial charge in [0, 0.05) is 25.3 Å². The van der Waals surface area contributed by atoms with Crippen LogP contribution in [0.25, 0.3) is 0 Å². The Balaban J connectivity index is 2.13. The quantitative estimate of drug-likeness (QED) is 0.785. The van der Waals surface area contributed by atoms with Crippen LogP contribution < -0.4 is 0 Å². The van der Waals surface area contributed by atoms with Crippen LogP contribution in [0.3, 0.4) is 0 Å². The maximum Gasteiger partial charge on any atom is 0.160 e. The normalized spacial score (nSPS) is 22.1. The Morgan fingerprint density at radius 2 is 2.35 bits per heavy atom. The highest BCUT2D eigenvalue weighted by Crippen LogP contribution is 2.24. The first-order chi connectivity index (χ1) is 8.08. The number of ether oxygens (including phenoxy) is 1. The van der Waals surface area contributed by atoms with Crippen molar-refractivity contribution >= 4 is 27.5 Å². The van der Waals surface area contributed by atoms with Gasteiger partial charge in [-0.25, -0.2) is 9.97 Å². The molecule has 94 valence electrons. The summed E-state index contributed by atoms with van der Waals surface area (Å²) in [6.07, 6.45) is 1.58. The molecule has 4 nitrogen and oxygen atoms in total. The van der Waals surface area contributed by atoms with E-state index < -0.39 is 0 Å². The molecule has 0 spiro atoms. The lowest BCUT2D eigenvalue weighted by molar-refractivity contribution is -0.0442. The van der Waals surface area contributed by atoms with Crippen LogP contribution in [0.5, 0.6) is 0 Å². The molecule has 1 aromatic rings. The zero-order valence-electron chi connectivity index (χ0n) is 9.86. The Morgan fingerprint density at radius 3 is 3.00 bits per heavy atom. The van der Waals surface area contributed by atoms with E-state index in [1.807, 2.05) is 0 Å². The van der Waals surface area contributed by atoms with E-state index in [4.69, 9.17) is 16.3 Å². The molecule has 1 unspecified atom stereocenters. The van der Waals surface area contributed by atoms with Crippen LogP contribution in [0.2, 0.25) is 5.15 Å². The van der Waals surface area contributed by atoms with Crippen molar-refractivity contribution < 1.29 is 4.74 Å². The van der Waals surface area contributed by atoms with Crippen LogP contribution in [0.4, 0.5) is 0 Å². The number of aromatic nitrogens is 2. The SMILES string of the molecule is CC(C)N1CCOC(c2ncc(Br)c(Cl)n2)C1. The van der Waals surface area contributed by atoms with Gasteiger partial charge in [-0.05, 0) is 29.8 Å². The number of rotatable bonds is 2. The molecule has 1 aromatic heterocycles. The molecular weight excluding hydrogens is 305 g/mol. The second kappa shape index (κ2) is 5.61. The Kier molecular flexibility index (Phi) is 4.36. The molecular formula is C11H15BrClN3O. The highest BCUT2D eigenvalue weighted by atomic mass is 79.9. The number of hydrogen-bond acceptors (Lipinski definition) is 4. The van der Waals surface area contributed by atoms with E-state index in [9.17, 15) is 0 Å². The summed E-state index contributed by atoms with van der Waals surface area (Å²) in [7, 11) is 0. The number of hydrogen-bond donors (Lipinski definition) is 0. The molecule has 1 aliphatic rings. The van der Waals surface area contributed by atoms with Gasteiger partial charge in [-0.15, -0.1) is 0 Å². The largest absolute Gasteiger partial charge is 0.368 e. The first-order valence-electron chi connectivity index (χ1n) is 5.61. The standard InChI is InChI=1S/C11H15BrClN3O/c1-7(2)16-3-4-17-9(6-16)11-14-5-8(12)10(13)15-11/h5,7,9H,3-4,6H2,1-2H3. The third-order valence-electron chi connectivity index (χ3n) is 2.84. The van der Waals surface area contributed by atoms with Crippen molar-refractivity contribution in [1.82, 2.24) is 14.9 Å². The molecule has 0 saturated carbocycles. The minimum absolute atomic E-state index is 0.0863.